The van der Waals surface area contributed by atoms with Crippen LogP contribution in [0.25, 0.3) is 0 Å². The Balaban J connectivity index is 2.13. The van der Waals surface area contributed by atoms with Crippen molar-refractivity contribution in [2.75, 3.05) is 13.1 Å². The van der Waals surface area contributed by atoms with Gasteiger partial charge in [-0.3, -0.25) is 4.90 Å². The molecule has 1 fully saturated rings. The van der Waals surface area contributed by atoms with E-state index in [4.69, 9.17) is 0 Å². The molecule has 0 amide bonds. The fourth-order valence-electron chi connectivity index (χ4n) is 3.55. The van der Waals surface area contributed by atoms with Gasteiger partial charge in [0.25, 0.3) is 0 Å². The van der Waals surface area contributed by atoms with Gasteiger partial charge in [0.15, 0.2) is 0 Å². The number of hydrogen-bond acceptors (Lipinski definition) is 2. The molecule has 1 saturated heterocycles. The van der Waals surface area contributed by atoms with Gasteiger partial charge in [0.2, 0.25) is 0 Å². The van der Waals surface area contributed by atoms with Crippen molar-refractivity contribution < 1.29 is 0 Å². The maximum atomic E-state index is 3.77. The van der Waals surface area contributed by atoms with Gasteiger partial charge in [-0.1, -0.05) is 44.2 Å². The van der Waals surface area contributed by atoms with Crippen molar-refractivity contribution in [3.63, 3.8) is 0 Å². The third-order valence-electron chi connectivity index (χ3n) is 4.67. The van der Waals surface area contributed by atoms with Gasteiger partial charge in [-0.05, 0) is 51.3 Å². The first-order valence-corrected chi connectivity index (χ1v) is 8.32. The molecule has 1 aromatic carbocycles. The Bertz CT molecular complexity index is 376. The summed E-state index contributed by atoms with van der Waals surface area (Å²) >= 11 is 0. The van der Waals surface area contributed by atoms with Crippen LogP contribution in [-0.2, 0) is 0 Å². The maximum Gasteiger partial charge on any atom is 0.0475 e. The predicted octanol–water partition coefficient (Wildman–Crippen LogP) is 3.99. The molecule has 20 heavy (non-hydrogen) atoms. The summed E-state index contributed by atoms with van der Waals surface area (Å²) in [6.45, 7) is 9.32. The highest BCUT2D eigenvalue weighted by molar-refractivity contribution is 5.20. The summed E-state index contributed by atoms with van der Waals surface area (Å²) in [6.07, 6.45) is 5.20. The molecule has 1 heterocycles. The molecular formula is C18H30N2. The minimum Gasteiger partial charge on any atom is -0.309 e. The lowest BCUT2D eigenvalue weighted by Gasteiger charge is -2.36. The molecule has 0 spiro atoms. The summed E-state index contributed by atoms with van der Waals surface area (Å²) < 4.78 is 0. The van der Waals surface area contributed by atoms with Gasteiger partial charge < -0.3 is 5.32 Å². The van der Waals surface area contributed by atoms with Crippen molar-refractivity contribution >= 4 is 0 Å². The Morgan fingerprint density at radius 1 is 1.25 bits per heavy atom. The van der Waals surface area contributed by atoms with Crippen LogP contribution in [0, 0.1) is 0 Å². The van der Waals surface area contributed by atoms with E-state index in [0.29, 0.717) is 12.1 Å². The number of benzene rings is 1. The fraction of sp³-hybridized carbons (Fsp3) is 0.667. The quantitative estimate of drug-likeness (QED) is 0.809. The molecule has 2 rings (SSSR count). The van der Waals surface area contributed by atoms with E-state index in [1.807, 2.05) is 0 Å². The van der Waals surface area contributed by atoms with Crippen LogP contribution in [0.4, 0.5) is 0 Å². The second-order valence-electron chi connectivity index (χ2n) is 6.03. The van der Waals surface area contributed by atoms with Crippen LogP contribution < -0.4 is 5.32 Å². The van der Waals surface area contributed by atoms with Crippen LogP contribution >= 0.6 is 0 Å². The second kappa shape index (κ2) is 7.80. The van der Waals surface area contributed by atoms with E-state index in [1.54, 1.807) is 0 Å². The van der Waals surface area contributed by atoms with Gasteiger partial charge in [-0.15, -0.1) is 0 Å². The largest absolute Gasteiger partial charge is 0.309 e. The highest BCUT2D eigenvalue weighted by atomic mass is 15.2. The average Bonchev–Trinajstić information content (AvgIpc) is 2.97. The van der Waals surface area contributed by atoms with Gasteiger partial charge in [0, 0.05) is 18.1 Å². The first kappa shape index (κ1) is 15.5. The Labute approximate surface area is 124 Å². The van der Waals surface area contributed by atoms with E-state index in [0.717, 1.165) is 12.6 Å². The van der Waals surface area contributed by atoms with Gasteiger partial charge in [0.1, 0.15) is 0 Å². The molecule has 1 N–H and O–H groups in total. The van der Waals surface area contributed by atoms with Crippen LogP contribution in [-0.4, -0.2) is 30.1 Å². The predicted molar refractivity (Wildman–Crippen MR) is 87.0 cm³/mol. The van der Waals surface area contributed by atoms with Crippen molar-refractivity contribution in [3.05, 3.63) is 35.9 Å². The zero-order chi connectivity index (χ0) is 14.4. The third-order valence-corrected chi connectivity index (χ3v) is 4.67. The van der Waals surface area contributed by atoms with Gasteiger partial charge >= 0.3 is 0 Å². The van der Waals surface area contributed by atoms with Crippen LogP contribution in [0.15, 0.2) is 30.3 Å². The van der Waals surface area contributed by atoms with Crippen molar-refractivity contribution in [3.8, 4) is 0 Å². The molecule has 0 aromatic heterocycles. The van der Waals surface area contributed by atoms with Crippen molar-refractivity contribution in [2.24, 2.45) is 0 Å². The lowest BCUT2D eigenvalue weighted by atomic mass is 9.98. The Morgan fingerprint density at radius 3 is 2.65 bits per heavy atom. The summed E-state index contributed by atoms with van der Waals surface area (Å²) in [5.74, 6) is 0. The van der Waals surface area contributed by atoms with Crippen molar-refractivity contribution in [2.45, 2.75) is 64.6 Å². The van der Waals surface area contributed by atoms with E-state index in [2.05, 4.69) is 61.3 Å². The second-order valence-corrected chi connectivity index (χ2v) is 6.03. The number of likely N-dealkylation sites (tertiary alicyclic amines) is 1. The summed E-state index contributed by atoms with van der Waals surface area (Å²) in [6, 6.07) is 12.7. The monoisotopic (exact) mass is 274 g/mol. The van der Waals surface area contributed by atoms with Crippen molar-refractivity contribution in [1.29, 1.82) is 0 Å². The summed E-state index contributed by atoms with van der Waals surface area (Å²) in [5.41, 5.74) is 1.43. The molecule has 0 aliphatic carbocycles. The molecule has 0 radical (unpaired) electrons. The molecule has 3 unspecified atom stereocenters. The molecule has 112 valence electrons. The molecule has 3 atom stereocenters. The SMILES string of the molecule is CCCNC(c1ccccc1)C(C)N1CCCC1CC. The standard InChI is InChI=1S/C18H30N2/c1-4-13-19-18(16-10-7-6-8-11-16)15(3)20-14-9-12-17(20)5-2/h6-8,10-11,15,17-19H,4-5,9,12-14H2,1-3H3. The summed E-state index contributed by atoms with van der Waals surface area (Å²) in [4.78, 5) is 2.72. The maximum absolute atomic E-state index is 3.77. The first-order valence-electron chi connectivity index (χ1n) is 8.32. The molecule has 2 heteroatoms. The topological polar surface area (TPSA) is 15.3 Å². The van der Waals surface area contributed by atoms with Crippen LogP contribution in [0.2, 0.25) is 0 Å². The van der Waals surface area contributed by atoms with Crippen LogP contribution in [0.1, 0.15) is 58.1 Å². The highest BCUT2D eigenvalue weighted by Gasteiger charge is 2.31. The number of nitrogens with zero attached hydrogens (tertiary/aromatic N) is 1. The first-order chi connectivity index (χ1) is 9.77. The van der Waals surface area contributed by atoms with Crippen molar-refractivity contribution in [1.82, 2.24) is 10.2 Å². The molecule has 2 nitrogen and oxygen atoms in total. The smallest absolute Gasteiger partial charge is 0.0475 e. The van der Waals surface area contributed by atoms with E-state index in [9.17, 15) is 0 Å². The molecule has 0 saturated carbocycles. The molecule has 1 aliphatic rings. The number of nitrogens with one attached hydrogen (secondary N) is 1. The Hall–Kier alpha value is -0.860. The minimum atomic E-state index is 0.447. The van der Waals surface area contributed by atoms with Crippen LogP contribution in [0.3, 0.4) is 0 Å². The van der Waals surface area contributed by atoms with E-state index in [-0.39, 0.29) is 0 Å². The average molecular weight is 274 g/mol. The lowest BCUT2D eigenvalue weighted by Crippen LogP contribution is -2.45. The Morgan fingerprint density at radius 2 is 2.00 bits per heavy atom. The number of rotatable bonds is 7. The Kier molecular flexibility index (Phi) is 6.06. The summed E-state index contributed by atoms with van der Waals surface area (Å²) in [5, 5.41) is 3.77. The van der Waals surface area contributed by atoms with E-state index < -0.39 is 0 Å². The van der Waals surface area contributed by atoms with Crippen LogP contribution in [0.5, 0.6) is 0 Å². The lowest BCUT2D eigenvalue weighted by molar-refractivity contribution is 0.151. The fourth-order valence-corrected chi connectivity index (χ4v) is 3.55. The summed E-state index contributed by atoms with van der Waals surface area (Å²) in [7, 11) is 0. The van der Waals surface area contributed by atoms with E-state index in [1.165, 1.54) is 37.8 Å². The van der Waals surface area contributed by atoms with Gasteiger partial charge in [0.05, 0.1) is 0 Å². The number of hydrogen-bond donors (Lipinski definition) is 1. The molecule has 0 bridgehead atoms. The zero-order valence-corrected chi connectivity index (χ0v) is 13.3. The minimum absolute atomic E-state index is 0.447. The third kappa shape index (κ3) is 3.62. The van der Waals surface area contributed by atoms with Gasteiger partial charge in [-0.25, -0.2) is 0 Å². The zero-order valence-electron chi connectivity index (χ0n) is 13.3. The van der Waals surface area contributed by atoms with E-state index >= 15 is 0 Å². The molecule has 1 aromatic rings. The highest BCUT2D eigenvalue weighted by Crippen LogP contribution is 2.29. The molecule has 1 aliphatic heterocycles. The van der Waals surface area contributed by atoms with Gasteiger partial charge in [-0.2, -0.15) is 0 Å². The normalized spacial score (nSPS) is 22.9. The molecular weight excluding hydrogens is 244 g/mol.